The van der Waals surface area contributed by atoms with Crippen molar-refractivity contribution in [3.05, 3.63) is 83.1 Å². The zero-order chi connectivity index (χ0) is 23.0. The third kappa shape index (κ3) is 4.12. The molecule has 0 fully saturated rings. The van der Waals surface area contributed by atoms with E-state index in [4.69, 9.17) is 25.5 Å². The van der Waals surface area contributed by atoms with E-state index in [1.54, 1.807) is 36.4 Å². The molecule has 0 saturated carbocycles. The van der Waals surface area contributed by atoms with E-state index in [2.05, 4.69) is 10.3 Å². The van der Waals surface area contributed by atoms with Gasteiger partial charge >= 0.3 is 0 Å². The van der Waals surface area contributed by atoms with Gasteiger partial charge in [0.15, 0.2) is 11.5 Å². The Morgan fingerprint density at radius 1 is 1.00 bits per heavy atom. The van der Waals surface area contributed by atoms with Crippen LogP contribution in [0.15, 0.2) is 81.1 Å². The van der Waals surface area contributed by atoms with Gasteiger partial charge in [0.1, 0.15) is 5.82 Å². The average Bonchev–Trinajstić information content (AvgIpc) is 3.45. The smallest absolute Gasteiger partial charge is 0.234 e. The first-order valence-corrected chi connectivity index (χ1v) is 11.7. The molecule has 2 heterocycles. The van der Waals surface area contributed by atoms with Crippen LogP contribution in [0.3, 0.4) is 0 Å². The second-order valence-electron chi connectivity index (χ2n) is 7.13. The minimum absolute atomic E-state index is 0.0365. The number of nitrogens with zero attached hydrogens (tertiary/aromatic N) is 1. The summed E-state index contributed by atoms with van der Waals surface area (Å²) < 4.78 is 56.5. The lowest BCUT2D eigenvalue weighted by Gasteiger charge is -2.07. The normalized spacial score (nSPS) is 12.7. The van der Waals surface area contributed by atoms with Gasteiger partial charge in [-0.05, 0) is 54.1 Å². The molecule has 0 atom stereocenters. The second kappa shape index (κ2) is 8.42. The Kier molecular flexibility index (Phi) is 5.43. The van der Waals surface area contributed by atoms with Crippen LogP contribution < -0.4 is 14.8 Å². The number of hydrogen-bond acceptors (Lipinski definition) is 7. The highest BCUT2D eigenvalue weighted by atomic mass is 35.5. The maximum Gasteiger partial charge on any atom is 0.234 e. The monoisotopic (exact) mass is 486 g/mol. The summed E-state index contributed by atoms with van der Waals surface area (Å²) in [5.74, 6) is 0.662. The molecular weight excluding hydrogens is 471 g/mol. The molecule has 1 aromatic heterocycles. The van der Waals surface area contributed by atoms with Gasteiger partial charge in [0.25, 0.3) is 0 Å². The number of benzene rings is 3. The van der Waals surface area contributed by atoms with Gasteiger partial charge in [0, 0.05) is 6.54 Å². The van der Waals surface area contributed by atoms with E-state index >= 15 is 0 Å². The Morgan fingerprint density at radius 3 is 2.55 bits per heavy atom. The largest absolute Gasteiger partial charge is 0.454 e. The number of ether oxygens (including phenoxy) is 2. The van der Waals surface area contributed by atoms with Gasteiger partial charge in [-0.15, -0.1) is 0 Å². The molecule has 1 aliphatic rings. The lowest BCUT2D eigenvalue weighted by molar-refractivity contribution is 0.174. The topological polar surface area (TPSA) is 90.7 Å². The SMILES string of the molecule is O=S(=O)(c1ccc(F)cc1)c1nc(-c2ccccc2Cl)oc1NCc1ccc2c(c1)OCO2. The number of hydrogen-bond donors (Lipinski definition) is 1. The van der Waals surface area contributed by atoms with E-state index in [-0.39, 0.29) is 35.0 Å². The molecule has 7 nitrogen and oxygen atoms in total. The van der Waals surface area contributed by atoms with Crippen LogP contribution in [-0.2, 0) is 16.4 Å². The van der Waals surface area contributed by atoms with E-state index < -0.39 is 15.7 Å². The summed E-state index contributed by atoms with van der Waals surface area (Å²) in [6.45, 7) is 0.370. The van der Waals surface area contributed by atoms with E-state index in [0.29, 0.717) is 22.1 Å². The quantitative estimate of drug-likeness (QED) is 0.369. The van der Waals surface area contributed by atoms with E-state index in [1.807, 2.05) is 6.07 Å². The number of aromatic nitrogens is 1. The summed E-state index contributed by atoms with van der Waals surface area (Å²) >= 11 is 6.26. The molecule has 1 N–H and O–H groups in total. The Labute approximate surface area is 193 Å². The Hall–Kier alpha value is -3.56. The fourth-order valence-electron chi connectivity index (χ4n) is 3.31. The molecular formula is C23H16ClFN2O5S. The maximum atomic E-state index is 13.4. The number of anilines is 1. The first-order chi connectivity index (χ1) is 15.9. The van der Waals surface area contributed by atoms with Crippen LogP contribution in [0.1, 0.15) is 5.56 Å². The highest BCUT2D eigenvalue weighted by Crippen LogP contribution is 2.36. The number of oxazole rings is 1. The first-order valence-electron chi connectivity index (χ1n) is 9.80. The van der Waals surface area contributed by atoms with Crippen molar-refractivity contribution in [2.45, 2.75) is 16.5 Å². The lowest BCUT2D eigenvalue weighted by Crippen LogP contribution is -2.07. The molecule has 3 aromatic carbocycles. The number of sulfone groups is 1. The molecule has 0 spiro atoms. The molecule has 0 saturated heterocycles. The number of fused-ring (bicyclic) bond motifs is 1. The van der Waals surface area contributed by atoms with Crippen LogP contribution in [0.5, 0.6) is 11.5 Å². The average molecular weight is 487 g/mol. The van der Waals surface area contributed by atoms with Gasteiger partial charge in [-0.25, -0.2) is 12.8 Å². The summed E-state index contributed by atoms with van der Waals surface area (Å²) in [7, 11) is -4.12. The van der Waals surface area contributed by atoms with Crippen LogP contribution in [-0.4, -0.2) is 20.2 Å². The van der Waals surface area contributed by atoms with Crippen LogP contribution in [0, 0.1) is 5.82 Å². The standard InChI is InChI=1S/C23H16ClFN2O5S/c24-18-4-2-1-3-17(18)21-27-23(33(28,29)16-8-6-15(25)7-9-16)22(32-21)26-12-14-5-10-19-20(11-14)31-13-30-19/h1-11,26H,12-13H2. The molecule has 5 rings (SSSR count). The van der Waals surface area contributed by atoms with Crippen molar-refractivity contribution in [1.29, 1.82) is 0 Å². The van der Waals surface area contributed by atoms with Crippen molar-refractivity contribution in [2.24, 2.45) is 0 Å². The molecule has 168 valence electrons. The Morgan fingerprint density at radius 2 is 1.76 bits per heavy atom. The van der Waals surface area contributed by atoms with Crippen LogP contribution in [0.4, 0.5) is 10.3 Å². The Bertz CT molecular complexity index is 1440. The first kappa shape index (κ1) is 21.3. The molecule has 0 amide bonds. The fraction of sp³-hybridized carbons (Fsp3) is 0.0870. The number of halogens is 2. The van der Waals surface area contributed by atoms with Crippen molar-refractivity contribution < 1.29 is 26.7 Å². The third-order valence-corrected chi connectivity index (χ3v) is 6.98. The summed E-state index contributed by atoms with van der Waals surface area (Å²) in [5.41, 5.74) is 1.24. The minimum Gasteiger partial charge on any atom is -0.454 e. The predicted molar refractivity (Wildman–Crippen MR) is 119 cm³/mol. The summed E-state index contributed by atoms with van der Waals surface area (Å²) in [5, 5.41) is 3.02. The van der Waals surface area contributed by atoms with Gasteiger partial charge in [0.2, 0.25) is 33.4 Å². The molecule has 0 radical (unpaired) electrons. The molecule has 0 bridgehead atoms. The fourth-order valence-corrected chi connectivity index (χ4v) is 4.80. The van der Waals surface area contributed by atoms with E-state index in [1.165, 1.54) is 12.1 Å². The predicted octanol–water partition coefficient (Wildman–Crippen LogP) is 5.31. The molecule has 10 heteroatoms. The molecule has 0 aliphatic carbocycles. The molecule has 33 heavy (non-hydrogen) atoms. The molecule has 1 aliphatic heterocycles. The summed E-state index contributed by atoms with van der Waals surface area (Å²) in [4.78, 5) is 4.13. The van der Waals surface area contributed by atoms with Crippen molar-refractivity contribution in [2.75, 3.05) is 12.1 Å². The van der Waals surface area contributed by atoms with Gasteiger partial charge in [-0.1, -0.05) is 29.8 Å². The van der Waals surface area contributed by atoms with Crippen molar-refractivity contribution >= 4 is 27.3 Å². The lowest BCUT2D eigenvalue weighted by atomic mass is 10.2. The van der Waals surface area contributed by atoms with Gasteiger partial charge in [-0.3, -0.25) is 0 Å². The van der Waals surface area contributed by atoms with E-state index in [9.17, 15) is 12.8 Å². The minimum atomic E-state index is -4.12. The molecule has 4 aromatic rings. The highest BCUT2D eigenvalue weighted by Gasteiger charge is 2.29. The van der Waals surface area contributed by atoms with Gasteiger partial charge in [0.05, 0.1) is 15.5 Å². The zero-order valence-electron chi connectivity index (χ0n) is 16.9. The third-order valence-electron chi connectivity index (χ3n) is 4.97. The summed E-state index contributed by atoms with van der Waals surface area (Å²) in [6.07, 6.45) is 0. The molecule has 0 unspecified atom stereocenters. The van der Waals surface area contributed by atoms with E-state index in [0.717, 1.165) is 17.7 Å². The number of nitrogens with one attached hydrogen (secondary N) is 1. The van der Waals surface area contributed by atoms with Crippen LogP contribution in [0.2, 0.25) is 5.02 Å². The summed E-state index contributed by atoms with van der Waals surface area (Å²) in [6, 6.07) is 16.7. The van der Waals surface area contributed by atoms with Crippen LogP contribution >= 0.6 is 11.6 Å². The zero-order valence-corrected chi connectivity index (χ0v) is 18.5. The van der Waals surface area contributed by atoms with Crippen molar-refractivity contribution in [3.8, 4) is 23.0 Å². The number of rotatable bonds is 6. The highest BCUT2D eigenvalue weighted by molar-refractivity contribution is 7.91. The van der Waals surface area contributed by atoms with Gasteiger partial charge < -0.3 is 19.2 Å². The van der Waals surface area contributed by atoms with Crippen LogP contribution in [0.25, 0.3) is 11.5 Å². The van der Waals surface area contributed by atoms with Crippen molar-refractivity contribution in [3.63, 3.8) is 0 Å². The Balaban J connectivity index is 1.54. The van der Waals surface area contributed by atoms with Crippen molar-refractivity contribution in [1.82, 2.24) is 4.98 Å². The second-order valence-corrected chi connectivity index (χ2v) is 9.40. The maximum absolute atomic E-state index is 13.4. The van der Waals surface area contributed by atoms with Gasteiger partial charge in [-0.2, -0.15) is 4.98 Å².